The second-order valence-electron chi connectivity index (χ2n) is 3.23. The number of H-pyrrole nitrogens is 2. The van der Waals surface area contributed by atoms with E-state index in [0.717, 1.165) is 12.1 Å². The number of hydrogen-bond acceptors (Lipinski definition) is 3. The van der Waals surface area contributed by atoms with Gasteiger partial charge in [0.2, 0.25) is 0 Å². The van der Waals surface area contributed by atoms with E-state index in [0.29, 0.717) is 23.7 Å². The molecule has 1 saturated heterocycles. The summed E-state index contributed by atoms with van der Waals surface area (Å²) in [5, 5.41) is 0. The number of hydrogen-bond donors (Lipinski definition) is 2. The first kappa shape index (κ1) is 8.50. The van der Waals surface area contributed by atoms with Gasteiger partial charge in [0, 0.05) is 17.8 Å². The van der Waals surface area contributed by atoms with E-state index in [9.17, 15) is 4.79 Å². The molecule has 1 aliphatic heterocycles. The van der Waals surface area contributed by atoms with Crippen molar-refractivity contribution < 1.29 is 9.53 Å². The van der Waals surface area contributed by atoms with E-state index in [2.05, 4.69) is 9.97 Å². The molecule has 0 bridgehead atoms. The summed E-state index contributed by atoms with van der Waals surface area (Å²) in [6.07, 6.45) is 3.18. The van der Waals surface area contributed by atoms with Crippen LogP contribution < -0.4 is 0 Å². The van der Waals surface area contributed by atoms with Crippen molar-refractivity contribution in [3.63, 3.8) is 0 Å². The maximum atomic E-state index is 10.8. The quantitative estimate of drug-likeness (QED) is 0.554. The molecule has 5 heteroatoms. The van der Waals surface area contributed by atoms with Gasteiger partial charge in [0.05, 0.1) is 13.0 Å². The number of imidazole rings is 1. The first-order chi connectivity index (χ1) is 6.24. The summed E-state index contributed by atoms with van der Waals surface area (Å²) in [4.78, 5) is 16.7. The van der Waals surface area contributed by atoms with Crippen LogP contribution in [-0.2, 0) is 16.0 Å². The molecule has 4 nitrogen and oxygen atoms in total. The molecular formula is C8H10N2O2S. The molecule has 0 spiro atoms. The van der Waals surface area contributed by atoms with E-state index in [1.54, 1.807) is 0 Å². The van der Waals surface area contributed by atoms with Crippen LogP contribution in [0.4, 0.5) is 0 Å². The molecular weight excluding hydrogens is 188 g/mol. The van der Waals surface area contributed by atoms with Crippen LogP contribution in [0.2, 0.25) is 0 Å². The minimum absolute atomic E-state index is 0.0980. The van der Waals surface area contributed by atoms with Crippen LogP contribution in [0.5, 0.6) is 0 Å². The fourth-order valence-electron chi connectivity index (χ4n) is 1.49. The van der Waals surface area contributed by atoms with Gasteiger partial charge >= 0.3 is 5.97 Å². The van der Waals surface area contributed by atoms with Crippen LogP contribution in [0.3, 0.4) is 0 Å². The maximum absolute atomic E-state index is 10.8. The van der Waals surface area contributed by atoms with Gasteiger partial charge < -0.3 is 14.7 Å². The fraction of sp³-hybridized carbons (Fsp3) is 0.500. The van der Waals surface area contributed by atoms with Gasteiger partial charge in [0.15, 0.2) is 4.77 Å². The Kier molecular flexibility index (Phi) is 2.18. The van der Waals surface area contributed by atoms with Crippen molar-refractivity contribution in [2.24, 2.45) is 5.92 Å². The van der Waals surface area contributed by atoms with Crippen LogP contribution in [0.15, 0.2) is 6.20 Å². The van der Waals surface area contributed by atoms with Crippen molar-refractivity contribution in [1.82, 2.24) is 9.97 Å². The molecule has 0 saturated carbocycles. The van der Waals surface area contributed by atoms with Crippen molar-refractivity contribution in [3.8, 4) is 0 Å². The van der Waals surface area contributed by atoms with Crippen LogP contribution in [0.1, 0.15) is 12.1 Å². The Labute approximate surface area is 80.3 Å². The molecule has 0 aromatic carbocycles. The maximum Gasteiger partial charge on any atom is 0.306 e. The molecule has 13 heavy (non-hydrogen) atoms. The molecule has 1 atom stereocenters. The van der Waals surface area contributed by atoms with E-state index in [1.807, 2.05) is 6.20 Å². The predicted octanol–water partition coefficient (Wildman–Crippen LogP) is 1.18. The first-order valence-corrected chi connectivity index (χ1v) is 4.57. The fourth-order valence-corrected chi connectivity index (χ4v) is 1.68. The number of esters is 1. The third kappa shape index (κ3) is 1.98. The first-order valence-electron chi connectivity index (χ1n) is 4.16. The summed E-state index contributed by atoms with van der Waals surface area (Å²) < 4.78 is 5.48. The zero-order valence-electron chi connectivity index (χ0n) is 7.00. The Bertz CT molecular complexity index is 368. The Balaban J connectivity index is 1.99. The molecule has 70 valence electrons. The topological polar surface area (TPSA) is 57.9 Å². The zero-order valence-corrected chi connectivity index (χ0v) is 7.82. The summed E-state index contributed by atoms with van der Waals surface area (Å²) >= 11 is 4.89. The minimum Gasteiger partial charge on any atom is -0.465 e. The lowest BCUT2D eigenvalue weighted by atomic mass is 10.0. The van der Waals surface area contributed by atoms with Gasteiger partial charge in [0.25, 0.3) is 0 Å². The number of cyclic esters (lactones) is 1. The number of aromatic nitrogens is 2. The highest BCUT2D eigenvalue weighted by atomic mass is 32.1. The van der Waals surface area contributed by atoms with Crippen molar-refractivity contribution in [2.75, 3.05) is 6.61 Å². The van der Waals surface area contributed by atoms with Gasteiger partial charge in [-0.15, -0.1) is 0 Å². The number of nitrogens with one attached hydrogen (secondary N) is 2. The average molecular weight is 198 g/mol. The van der Waals surface area contributed by atoms with E-state index < -0.39 is 0 Å². The molecule has 1 aliphatic rings. The molecule has 1 fully saturated rings. The summed E-state index contributed by atoms with van der Waals surface area (Å²) in [6, 6.07) is 0. The zero-order chi connectivity index (χ0) is 9.26. The van der Waals surface area contributed by atoms with E-state index in [-0.39, 0.29) is 5.97 Å². The summed E-state index contributed by atoms with van der Waals surface area (Å²) in [5.41, 5.74) is 1.04. The van der Waals surface area contributed by atoms with Gasteiger partial charge in [-0.1, -0.05) is 0 Å². The van der Waals surface area contributed by atoms with E-state index in [1.165, 1.54) is 0 Å². The number of carbonyl (C=O) groups excluding carboxylic acids is 1. The standard InChI is InChI=1S/C8H10N2O2S/c11-7-2-5(4-12-7)1-6-3-9-8(13)10-6/h3,5H,1-2,4H2,(H2,9,10,13). The lowest BCUT2D eigenvalue weighted by molar-refractivity contribution is -0.137. The van der Waals surface area contributed by atoms with Gasteiger partial charge in [0.1, 0.15) is 0 Å². The summed E-state index contributed by atoms with van der Waals surface area (Å²) in [6.45, 7) is 0.532. The smallest absolute Gasteiger partial charge is 0.306 e. The second-order valence-corrected chi connectivity index (χ2v) is 3.63. The Morgan fingerprint density at radius 2 is 2.54 bits per heavy atom. The number of carbonyl (C=O) groups is 1. The number of ether oxygens (including phenoxy) is 1. The molecule has 1 unspecified atom stereocenters. The lowest BCUT2D eigenvalue weighted by Gasteiger charge is -2.01. The Hall–Kier alpha value is -1.10. The molecule has 2 heterocycles. The molecule has 0 aliphatic carbocycles. The third-order valence-corrected chi connectivity index (χ3v) is 2.32. The second kappa shape index (κ2) is 3.33. The monoisotopic (exact) mass is 198 g/mol. The van der Waals surface area contributed by atoms with Gasteiger partial charge in [-0.05, 0) is 18.6 Å². The Morgan fingerprint density at radius 3 is 3.08 bits per heavy atom. The molecule has 1 aromatic rings. The summed E-state index contributed by atoms with van der Waals surface area (Å²) in [5.74, 6) is 0.202. The third-order valence-electron chi connectivity index (χ3n) is 2.10. The average Bonchev–Trinajstić information content (AvgIpc) is 2.62. The van der Waals surface area contributed by atoms with Gasteiger partial charge in [-0.3, -0.25) is 4.79 Å². The minimum atomic E-state index is -0.0980. The normalized spacial score (nSPS) is 21.8. The van der Waals surface area contributed by atoms with Crippen LogP contribution >= 0.6 is 12.2 Å². The van der Waals surface area contributed by atoms with Crippen molar-refractivity contribution in [3.05, 3.63) is 16.7 Å². The molecule has 2 rings (SSSR count). The molecule has 2 N–H and O–H groups in total. The number of aromatic amines is 2. The van der Waals surface area contributed by atoms with Gasteiger partial charge in [-0.2, -0.15) is 0 Å². The van der Waals surface area contributed by atoms with Crippen LogP contribution in [0.25, 0.3) is 0 Å². The SMILES string of the molecule is O=C1CC(Cc2c[nH]c(=S)[nH]2)CO1. The van der Waals surface area contributed by atoms with Crippen molar-refractivity contribution in [1.29, 1.82) is 0 Å². The van der Waals surface area contributed by atoms with Crippen molar-refractivity contribution >= 4 is 18.2 Å². The molecule has 1 aromatic heterocycles. The molecule has 0 amide bonds. The van der Waals surface area contributed by atoms with Gasteiger partial charge in [-0.25, -0.2) is 0 Å². The highest BCUT2D eigenvalue weighted by Gasteiger charge is 2.23. The lowest BCUT2D eigenvalue weighted by Crippen LogP contribution is -2.03. The Morgan fingerprint density at radius 1 is 1.69 bits per heavy atom. The largest absolute Gasteiger partial charge is 0.465 e. The highest BCUT2D eigenvalue weighted by molar-refractivity contribution is 7.71. The predicted molar refractivity (Wildman–Crippen MR) is 48.7 cm³/mol. The van der Waals surface area contributed by atoms with Crippen LogP contribution in [0, 0.1) is 10.7 Å². The van der Waals surface area contributed by atoms with Crippen molar-refractivity contribution in [2.45, 2.75) is 12.8 Å². The van der Waals surface area contributed by atoms with Crippen LogP contribution in [-0.4, -0.2) is 22.5 Å². The van der Waals surface area contributed by atoms with E-state index >= 15 is 0 Å². The molecule has 0 radical (unpaired) electrons. The highest BCUT2D eigenvalue weighted by Crippen LogP contribution is 2.17. The van der Waals surface area contributed by atoms with E-state index in [4.69, 9.17) is 17.0 Å². The number of rotatable bonds is 2. The summed E-state index contributed by atoms with van der Waals surface area (Å²) in [7, 11) is 0.